The van der Waals surface area contributed by atoms with Crippen LogP contribution in [0.4, 0.5) is 0 Å². The predicted octanol–water partition coefficient (Wildman–Crippen LogP) is 4.32. The zero-order chi connectivity index (χ0) is 13.1. The SMILES string of the molecule is CCC(C)(C)OC1CCCC(OC(C)(C)C)C1. The summed E-state index contributed by atoms with van der Waals surface area (Å²) < 4.78 is 12.3. The third-order valence-electron chi connectivity index (χ3n) is 3.44. The predicted molar refractivity (Wildman–Crippen MR) is 72.3 cm³/mol. The van der Waals surface area contributed by atoms with Crippen molar-refractivity contribution in [3.05, 3.63) is 0 Å². The Balaban J connectivity index is 2.44. The van der Waals surface area contributed by atoms with E-state index in [0.29, 0.717) is 12.2 Å². The number of rotatable bonds is 4. The standard InChI is InChI=1S/C15H30O2/c1-7-15(5,6)17-13-10-8-9-12(11-13)16-14(2,3)4/h12-13H,7-11H2,1-6H3. The molecule has 0 aliphatic heterocycles. The Hall–Kier alpha value is -0.0800. The lowest BCUT2D eigenvalue weighted by atomic mass is 9.93. The minimum Gasteiger partial charge on any atom is -0.373 e. The van der Waals surface area contributed by atoms with E-state index in [9.17, 15) is 0 Å². The van der Waals surface area contributed by atoms with Crippen LogP contribution in [-0.2, 0) is 9.47 Å². The quantitative estimate of drug-likeness (QED) is 0.731. The van der Waals surface area contributed by atoms with E-state index >= 15 is 0 Å². The Bertz CT molecular complexity index is 228. The van der Waals surface area contributed by atoms with Gasteiger partial charge in [-0.05, 0) is 66.7 Å². The van der Waals surface area contributed by atoms with E-state index < -0.39 is 0 Å². The van der Waals surface area contributed by atoms with Crippen LogP contribution in [-0.4, -0.2) is 23.4 Å². The molecule has 17 heavy (non-hydrogen) atoms. The summed E-state index contributed by atoms with van der Waals surface area (Å²) >= 11 is 0. The third kappa shape index (κ3) is 5.87. The number of ether oxygens (including phenoxy) is 2. The summed E-state index contributed by atoms with van der Waals surface area (Å²) in [6.07, 6.45) is 6.48. The molecule has 0 spiro atoms. The van der Waals surface area contributed by atoms with Crippen molar-refractivity contribution < 1.29 is 9.47 Å². The van der Waals surface area contributed by atoms with Gasteiger partial charge in [0.1, 0.15) is 0 Å². The van der Waals surface area contributed by atoms with Gasteiger partial charge in [0, 0.05) is 0 Å². The lowest BCUT2D eigenvalue weighted by Crippen LogP contribution is -2.38. The van der Waals surface area contributed by atoms with E-state index in [0.717, 1.165) is 12.8 Å². The Morgan fingerprint density at radius 3 is 1.94 bits per heavy atom. The van der Waals surface area contributed by atoms with Gasteiger partial charge in [0.15, 0.2) is 0 Å². The molecule has 1 rings (SSSR count). The van der Waals surface area contributed by atoms with Gasteiger partial charge in [-0.3, -0.25) is 0 Å². The zero-order valence-electron chi connectivity index (χ0n) is 12.5. The smallest absolute Gasteiger partial charge is 0.0627 e. The van der Waals surface area contributed by atoms with Crippen molar-refractivity contribution in [1.82, 2.24) is 0 Å². The summed E-state index contributed by atoms with van der Waals surface area (Å²) in [5.41, 5.74) is -0.0267. The lowest BCUT2D eigenvalue weighted by molar-refractivity contribution is -0.135. The topological polar surface area (TPSA) is 18.5 Å². The van der Waals surface area contributed by atoms with Crippen LogP contribution in [0.2, 0.25) is 0 Å². The molecule has 2 atom stereocenters. The van der Waals surface area contributed by atoms with Gasteiger partial charge in [-0.2, -0.15) is 0 Å². The molecule has 0 amide bonds. The molecule has 0 aromatic rings. The van der Waals surface area contributed by atoms with Crippen molar-refractivity contribution in [3.63, 3.8) is 0 Å². The molecule has 0 N–H and O–H groups in total. The molecule has 102 valence electrons. The second kappa shape index (κ2) is 5.71. The molecule has 2 nitrogen and oxygen atoms in total. The van der Waals surface area contributed by atoms with Gasteiger partial charge in [0.25, 0.3) is 0 Å². The van der Waals surface area contributed by atoms with Gasteiger partial charge in [-0.1, -0.05) is 6.92 Å². The van der Waals surface area contributed by atoms with Crippen molar-refractivity contribution in [2.45, 2.75) is 97.1 Å². The van der Waals surface area contributed by atoms with E-state index in [4.69, 9.17) is 9.47 Å². The van der Waals surface area contributed by atoms with Gasteiger partial charge < -0.3 is 9.47 Å². The molecule has 0 bridgehead atoms. The van der Waals surface area contributed by atoms with Gasteiger partial charge in [0.2, 0.25) is 0 Å². The number of hydrogen-bond donors (Lipinski definition) is 0. The average molecular weight is 242 g/mol. The van der Waals surface area contributed by atoms with E-state index in [1.54, 1.807) is 0 Å². The molecular formula is C15H30O2. The van der Waals surface area contributed by atoms with Crippen molar-refractivity contribution in [2.75, 3.05) is 0 Å². The Kier molecular flexibility index (Phi) is 5.03. The summed E-state index contributed by atoms with van der Waals surface area (Å²) in [5, 5.41) is 0. The highest BCUT2D eigenvalue weighted by Crippen LogP contribution is 2.30. The molecule has 0 aromatic carbocycles. The van der Waals surface area contributed by atoms with Gasteiger partial charge in [-0.15, -0.1) is 0 Å². The van der Waals surface area contributed by atoms with Gasteiger partial charge in [-0.25, -0.2) is 0 Å². The van der Waals surface area contributed by atoms with Crippen LogP contribution >= 0.6 is 0 Å². The van der Waals surface area contributed by atoms with Crippen LogP contribution in [0.3, 0.4) is 0 Å². The fourth-order valence-corrected chi connectivity index (χ4v) is 2.35. The summed E-state index contributed by atoms with van der Waals surface area (Å²) in [6.45, 7) is 12.9. The highest BCUT2D eigenvalue weighted by Gasteiger charge is 2.30. The van der Waals surface area contributed by atoms with E-state index in [1.807, 2.05) is 0 Å². The van der Waals surface area contributed by atoms with Crippen LogP contribution in [0.25, 0.3) is 0 Å². The second-order valence-corrected chi connectivity index (χ2v) is 6.87. The third-order valence-corrected chi connectivity index (χ3v) is 3.44. The molecular weight excluding hydrogens is 212 g/mol. The van der Waals surface area contributed by atoms with E-state index in [1.165, 1.54) is 19.3 Å². The second-order valence-electron chi connectivity index (χ2n) is 6.87. The molecule has 0 aromatic heterocycles. The largest absolute Gasteiger partial charge is 0.373 e. The molecule has 1 aliphatic rings. The van der Waals surface area contributed by atoms with Crippen LogP contribution in [0.1, 0.15) is 73.6 Å². The maximum atomic E-state index is 6.19. The first-order chi connectivity index (χ1) is 7.72. The lowest BCUT2D eigenvalue weighted by Gasteiger charge is -2.37. The number of hydrogen-bond acceptors (Lipinski definition) is 2. The summed E-state index contributed by atoms with van der Waals surface area (Å²) in [5.74, 6) is 0. The first-order valence-electron chi connectivity index (χ1n) is 7.07. The molecule has 1 aliphatic carbocycles. The Labute approximate surface area is 107 Å². The molecule has 0 saturated heterocycles. The summed E-state index contributed by atoms with van der Waals surface area (Å²) in [6, 6.07) is 0. The van der Waals surface area contributed by atoms with E-state index in [-0.39, 0.29) is 11.2 Å². The maximum absolute atomic E-state index is 6.19. The minimum absolute atomic E-state index is 0.00822. The minimum atomic E-state index is -0.0349. The first-order valence-corrected chi connectivity index (χ1v) is 7.07. The fraction of sp³-hybridized carbons (Fsp3) is 1.00. The first kappa shape index (κ1) is 15.0. The van der Waals surface area contributed by atoms with Gasteiger partial charge >= 0.3 is 0 Å². The summed E-state index contributed by atoms with van der Waals surface area (Å²) in [7, 11) is 0. The van der Waals surface area contributed by atoms with Crippen molar-refractivity contribution in [2.24, 2.45) is 0 Å². The highest BCUT2D eigenvalue weighted by atomic mass is 16.5. The van der Waals surface area contributed by atoms with Crippen LogP contribution in [0.15, 0.2) is 0 Å². The fourth-order valence-electron chi connectivity index (χ4n) is 2.35. The molecule has 2 unspecified atom stereocenters. The molecule has 2 heteroatoms. The monoisotopic (exact) mass is 242 g/mol. The summed E-state index contributed by atoms with van der Waals surface area (Å²) in [4.78, 5) is 0. The normalized spacial score (nSPS) is 27.2. The molecule has 0 radical (unpaired) electrons. The van der Waals surface area contributed by atoms with E-state index in [2.05, 4.69) is 41.5 Å². The maximum Gasteiger partial charge on any atom is 0.0627 e. The average Bonchev–Trinajstić information content (AvgIpc) is 2.14. The van der Waals surface area contributed by atoms with Crippen molar-refractivity contribution in [3.8, 4) is 0 Å². The zero-order valence-corrected chi connectivity index (χ0v) is 12.5. The van der Waals surface area contributed by atoms with Crippen molar-refractivity contribution in [1.29, 1.82) is 0 Å². The van der Waals surface area contributed by atoms with Gasteiger partial charge in [0.05, 0.1) is 23.4 Å². The van der Waals surface area contributed by atoms with Crippen LogP contribution in [0.5, 0.6) is 0 Å². The highest BCUT2D eigenvalue weighted by molar-refractivity contribution is 4.79. The Morgan fingerprint density at radius 1 is 0.941 bits per heavy atom. The molecule has 1 fully saturated rings. The molecule has 0 heterocycles. The molecule has 1 saturated carbocycles. The van der Waals surface area contributed by atoms with Crippen LogP contribution < -0.4 is 0 Å². The van der Waals surface area contributed by atoms with Crippen LogP contribution in [0, 0.1) is 0 Å². The Morgan fingerprint density at radius 2 is 1.47 bits per heavy atom. The van der Waals surface area contributed by atoms with Crippen molar-refractivity contribution >= 4 is 0 Å².